The summed E-state index contributed by atoms with van der Waals surface area (Å²) in [6, 6.07) is 13.4. The first-order valence-electron chi connectivity index (χ1n) is 11.2. The summed E-state index contributed by atoms with van der Waals surface area (Å²) in [6.45, 7) is 5.05. The molecule has 0 bridgehead atoms. The van der Waals surface area contributed by atoms with Crippen LogP contribution in [0.5, 0.6) is 0 Å². The number of hydrazone groups is 1. The van der Waals surface area contributed by atoms with Crippen molar-refractivity contribution in [3.05, 3.63) is 58.1 Å². The van der Waals surface area contributed by atoms with Crippen molar-refractivity contribution < 1.29 is 14.3 Å². The molecular weight excluding hydrogens is 470 g/mol. The number of carbonyl (C=O) groups is 2. The maximum atomic E-state index is 14.0. The molecule has 1 fully saturated rings. The average Bonchev–Trinajstić information content (AvgIpc) is 3.05. The second kappa shape index (κ2) is 8.03. The van der Waals surface area contributed by atoms with Crippen LogP contribution in [0.15, 0.2) is 52.0 Å². The second-order valence-electron chi connectivity index (χ2n) is 8.70. The minimum Gasteiger partial charge on any atom is -0.462 e. The average molecular weight is 496 g/mol. The first-order chi connectivity index (χ1) is 15.5. The van der Waals surface area contributed by atoms with Crippen molar-refractivity contribution >= 4 is 44.9 Å². The van der Waals surface area contributed by atoms with E-state index in [-0.39, 0.29) is 17.9 Å². The van der Waals surface area contributed by atoms with E-state index in [2.05, 4.69) is 39.0 Å². The number of esters is 1. The number of anilines is 2. The fourth-order valence-corrected chi connectivity index (χ4v) is 5.88. The molecule has 5 rings (SSSR count). The van der Waals surface area contributed by atoms with E-state index < -0.39 is 5.41 Å². The Kier molecular flexibility index (Phi) is 5.32. The van der Waals surface area contributed by atoms with Gasteiger partial charge in [-0.25, -0.2) is 4.79 Å². The number of hydrogen-bond donors (Lipinski definition) is 0. The summed E-state index contributed by atoms with van der Waals surface area (Å²) < 4.78 is 6.09. The molecule has 0 aromatic heterocycles. The molecule has 3 heterocycles. The van der Waals surface area contributed by atoms with Gasteiger partial charge in [-0.1, -0.05) is 15.9 Å². The highest BCUT2D eigenvalue weighted by Crippen LogP contribution is 2.50. The zero-order valence-corrected chi connectivity index (χ0v) is 19.9. The Balaban J connectivity index is 1.52. The van der Waals surface area contributed by atoms with E-state index in [1.807, 2.05) is 6.92 Å². The number of benzene rings is 2. The smallest absolute Gasteiger partial charge is 0.338 e. The lowest BCUT2D eigenvalue weighted by Gasteiger charge is -2.51. The molecule has 3 aliphatic heterocycles. The summed E-state index contributed by atoms with van der Waals surface area (Å²) in [5.41, 5.74) is 3.74. The van der Waals surface area contributed by atoms with E-state index in [1.54, 1.807) is 31.2 Å². The molecule has 3 aliphatic rings. The normalized spacial score (nSPS) is 24.3. The fourth-order valence-electron chi connectivity index (χ4n) is 5.47. The van der Waals surface area contributed by atoms with Crippen LogP contribution in [0.3, 0.4) is 0 Å². The topological polar surface area (TPSA) is 62.2 Å². The van der Waals surface area contributed by atoms with Crippen molar-refractivity contribution in [2.24, 2.45) is 10.5 Å². The molecule has 0 N–H and O–H groups in total. The highest BCUT2D eigenvalue weighted by atomic mass is 79.9. The van der Waals surface area contributed by atoms with Gasteiger partial charge in [-0.05, 0) is 87.6 Å². The van der Waals surface area contributed by atoms with Gasteiger partial charge in [-0.15, -0.1) is 0 Å². The number of carbonyl (C=O) groups excluding carboxylic acids is 2. The molecule has 1 spiro atoms. The molecule has 1 amide bonds. The number of ether oxygens (including phenoxy) is 1. The van der Waals surface area contributed by atoms with Crippen molar-refractivity contribution in [2.45, 2.75) is 45.6 Å². The summed E-state index contributed by atoms with van der Waals surface area (Å²) in [4.78, 5) is 28.5. The van der Waals surface area contributed by atoms with E-state index in [9.17, 15) is 9.59 Å². The van der Waals surface area contributed by atoms with Crippen LogP contribution in [-0.2, 0) is 16.0 Å². The summed E-state index contributed by atoms with van der Waals surface area (Å²) in [5.74, 6) is -0.350. The molecule has 32 heavy (non-hydrogen) atoms. The summed E-state index contributed by atoms with van der Waals surface area (Å²) in [5, 5.41) is 6.29. The van der Waals surface area contributed by atoms with Gasteiger partial charge < -0.3 is 9.64 Å². The molecule has 166 valence electrons. The molecule has 6 nitrogen and oxygen atoms in total. The van der Waals surface area contributed by atoms with Crippen LogP contribution < -0.4 is 9.91 Å². The van der Waals surface area contributed by atoms with Crippen LogP contribution >= 0.6 is 15.9 Å². The van der Waals surface area contributed by atoms with Gasteiger partial charge in [-0.2, -0.15) is 10.1 Å². The summed E-state index contributed by atoms with van der Waals surface area (Å²) in [7, 11) is 0. The van der Waals surface area contributed by atoms with Crippen molar-refractivity contribution in [2.75, 3.05) is 23.1 Å². The summed E-state index contributed by atoms with van der Waals surface area (Å²) in [6.07, 6.45) is 3.87. The highest BCUT2D eigenvalue weighted by Gasteiger charge is 2.59. The molecule has 2 unspecified atom stereocenters. The Bertz CT molecular complexity index is 1110. The molecule has 1 saturated heterocycles. The van der Waals surface area contributed by atoms with Crippen LogP contribution in [0, 0.1) is 5.41 Å². The predicted molar refractivity (Wildman–Crippen MR) is 128 cm³/mol. The fraction of sp³-hybridized carbons (Fsp3) is 0.400. The van der Waals surface area contributed by atoms with Crippen molar-refractivity contribution in [1.82, 2.24) is 0 Å². The lowest BCUT2D eigenvalue weighted by atomic mass is 9.66. The zero-order chi connectivity index (χ0) is 22.5. The van der Waals surface area contributed by atoms with Crippen LogP contribution in [0.25, 0.3) is 0 Å². The van der Waals surface area contributed by atoms with Gasteiger partial charge in [0.05, 0.1) is 23.6 Å². The minimum atomic E-state index is -0.673. The van der Waals surface area contributed by atoms with Gasteiger partial charge in [0.1, 0.15) is 5.41 Å². The van der Waals surface area contributed by atoms with Crippen molar-refractivity contribution in [3.8, 4) is 0 Å². The van der Waals surface area contributed by atoms with Gasteiger partial charge in [0.15, 0.2) is 0 Å². The number of nitrogens with zero attached hydrogens (tertiary/aromatic N) is 3. The quantitative estimate of drug-likeness (QED) is 0.565. The van der Waals surface area contributed by atoms with Crippen LogP contribution in [0.4, 0.5) is 11.4 Å². The first-order valence-corrected chi connectivity index (χ1v) is 12.0. The number of rotatable bonds is 3. The molecule has 2 aromatic rings. The standard InChI is InChI=1S/C25H26BrN3O3/c1-3-32-23(30)17-7-10-20(11-8-17)29-24(31)25(16(2)27-29)15-18-14-19(26)9-12-21(18)28-13-5-4-6-22(25)28/h7-12,14,22H,3-6,13,15H2,1-2H3. The molecule has 0 aliphatic carbocycles. The Morgan fingerprint density at radius 2 is 2.00 bits per heavy atom. The van der Waals surface area contributed by atoms with Gasteiger partial charge in [0.25, 0.3) is 5.91 Å². The molecule has 7 heteroatoms. The Hall–Kier alpha value is -2.67. The Morgan fingerprint density at radius 1 is 1.22 bits per heavy atom. The maximum Gasteiger partial charge on any atom is 0.338 e. The minimum absolute atomic E-state index is 0.0152. The van der Waals surface area contributed by atoms with Gasteiger partial charge in [-0.3, -0.25) is 4.79 Å². The number of halogens is 1. The van der Waals surface area contributed by atoms with Crippen molar-refractivity contribution in [1.29, 1.82) is 0 Å². The van der Waals surface area contributed by atoms with Gasteiger partial charge >= 0.3 is 5.97 Å². The zero-order valence-electron chi connectivity index (χ0n) is 18.3. The second-order valence-corrected chi connectivity index (χ2v) is 9.61. The SMILES string of the molecule is CCOC(=O)c1ccc(N2N=C(C)C3(Cc4cc(Br)ccc4N4CCCCC43)C2=O)cc1. The molecule has 2 aromatic carbocycles. The van der Waals surface area contributed by atoms with E-state index in [0.717, 1.165) is 36.0 Å². The number of hydrogen-bond acceptors (Lipinski definition) is 5. The summed E-state index contributed by atoms with van der Waals surface area (Å²) >= 11 is 3.60. The third kappa shape index (κ3) is 3.17. The van der Waals surface area contributed by atoms with E-state index >= 15 is 0 Å². The third-order valence-electron chi connectivity index (χ3n) is 6.98. The molecular formula is C25H26BrN3O3. The number of fused-ring (bicyclic) bond motifs is 4. The number of amides is 1. The highest BCUT2D eigenvalue weighted by molar-refractivity contribution is 9.10. The van der Waals surface area contributed by atoms with E-state index in [0.29, 0.717) is 24.3 Å². The first kappa shape index (κ1) is 21.2. The molecule has 0 saturated carbocycles. The van der Waals surface area contributed by atoms with E-state index in [1.165, 1.54) is 16.3 Å². The molecule has 0 radical (unpaired) electrons. The molecule has 2 atom stereocenters. The van der Waals surface area contributed by atoms with Crippen molar-refractivity contribution in [3.63, 3.8) is 0 Å². The van der Waals surface area contributed by atoms with Gasteiger partial charge in [0, 0.05) is 22.7 Å². The van der Waals surface area contributed by atoms with Crippen LogP contribution in [0.1, 0.15) is 49.0 Å². The number of piperidine rings is 1. The Labute approximate surface area is 196 Å². The predicted octanol–water partition coefficient (Wildman–Crippen LogP) is 4.95. The maximum absolute atomic E-state index is 14.0. The lowest BCUT2D eigenvalue weighted by Crippen LogP contribution is -2.61. The monoisotopic (exact) mass is 495 g/mol. The van der Waals surface area contributed by atoms with Crippen LogP contribution in [-0.4, -0.2) is 36.8 Å². The Morgan fingerprint density at radius 3 is 2.75 bits per heavy atom. The van der Waals surface area contributed by atoms with E-state index in [4.69, 9.17) is 9.84 Å². The van der Waals surface area contributed by atoms with Gasteiger partial charge in [0.2, 0.25) is 0 Å². The lowest BCUT2D eigenvalue weighted by molar-refractivity contribution is -0.125. The largest absolute Gasteiger partial charge is 0.462 e. The third-order valence-corrected chi connectivity index (χ3v) is 7.48. The van der Waals surface area contributed by atoms with Crippen LogP contribution in [0.2, 0.25) is 0 Å².